The zero-order valence-electron chi connectivity index (χ0n) is 47.5. The van der Waals surface area contributed by atoms with E-state index in [0.717, 1.165) is 43.9 Å². The van der Waals surface area contributed by atoms with Crippen molar-refractivity contribution in [3.8, 4) is 11.5 Å². The number of methoxy groups -OCH3 is 2. The van der Waals surface area contributed by atoms with Gasteiger partial charge in [-0.05, 0) is 81.0 Å². The second-order valence-corrected chi connectivity index (χ2v) is 19.0. The van der Waals surface area contributed by atoms with Crippen molar-refractivity contribution in [2.45, 2.75) is 148 Å². The molecule has 2 fully saturated rings. The smallest absolute Gasteiger partial charge is 0.306 e. The number of unbranched alkanes of at least 4 members (excludes halogenated alkanes) is 3. The number of carbonyl (C=O) groups is 7. The topological polar surface area (TPSA) is 273 Å². The summed E-state index contributed by atoms with van der Waals surface area (Å²) in [5, 5.41) is 16.5. The number of carboxylic acids is 1. The van der Waals surface area contributed by atoms with Crippen LogP contribution in [0.25, 0.3) is 0 Å². The standard InChI is InChI=1S/C52H66N2O19.C6H15N/c1-32(55)54-48-50(70-35(4)58)49(69-34(3)57)43(29-66-33(2)56)73-51(48)67-31-44(59)53-26-12-7-8-13-27-65-47-28-41(71-46(62)25-24-45(60)61)42(72-47)30-68-52(36-14-10-9-11-15-36,37-16-20-39(63-5)21-17-37)38-18-22-40(64-6)23-19-38;1-4-7(5-2)6-3/h9-11,14-23,41-43,47-51H,7-8,12-13,24-31H2,1-6H3,(H,53,59)(H,54,55)(H,60,61);4-6H2,1-3H3/t41-,42+,43+,47+,48+,49-,50+,51+;/m0./s1. The molecule has 2 aliphatic heterocycles. The van der Waals surface area contributed by atoms with Crippen LogP contribution in [-0.4, -0.2) is 158 Å². The average Bonchev–Trinajstić information content (AvgIpc) is 3.85. The minimum atomic E-state index is -1.39. The third kappa shape index (κ3) is 21.1. The minimum absolute atomic E-state index is 0.0759. The Morgan fingerprint density at radius 3 is 1.75 bits per heavy atom. The summed E-state index contributed by atoms with van der Waals surface area (Å²) >= 11 is 0. The Labute approximate surface area is 468 Å². The first-order valence-electron chi connectivity index (χ1n) is 27.1. The van der Waals surface area contributed by atoms with E-state index in [9.17, 15) is 38.7 Å². The van der Waals surface area contributed by atoms with Crippen LogP contribution >= 0.6 is 0 Å². The maximum absolute atomic E-state index is 12.9. The van der Waals surface area contributed by atoms with Crippen LogP contribution in [0.5, 0.6) is 11.5 Å². The average molecular weight is 1120 g/mol. The lowest BCUT2D eigenvalue weighted by atomic mass is 9.80. The highest BCUT2D eigenvalue weighted by Gasteiger charge is 2.51. The molecule has 0 aromatic heterocycles. The fourth-order valence-corrected chi connectivity index (χ4v) is 9.19. The minimum Gasteiger partial charge on any atom is -0.550 e. The molecule has 3 N–H and O–H groups in total. The Kier molecular flexibility index (Phi) is 28.3. The number of aliphatic carboxylic acids is 1. The van der Waals surface area contributed by atoms with Crippen LogP contribution in [0.1, 0.15) is 110 Å². The normalized spacial score (nSPS) is 20.5. The summed E-state index contributed by atoms with van der Waals surface area (Å²) in [6, 6.07) is 23.4. The third-order valence-corrected chi connectivity index (χ3v) is 13.3. The van der Waals surface area contributed by atoms with Gasteiger partial charge in [-0.3, -0.25) is 28.8 Å². The summed E-state index contributed by atoms with van der Waals surface area (Å²) < 4.78 is 63.9. The molecule has 5 rings (SSSR count). The number of esters is 4. The molecule has 0 saturated carbocycles. The van der Waals surface area contributed by atoms with E-state index in [1.54, 1.807) is 19.1 Å². The van der Waals surface area contributed by atoms with Gasteiger partial charge >= 0.3 is 23.9 Å². The molecule has 0 radical (unpaired) electrons. The highest BCUT2D eigenvalue weighted by molar-refractivity contribution is 5.77. The number of hydrogen-bond acceptors (Lipinski definition) is 19. The zero-order valence-corrected chi connectivity index (χ0v) is 47.5. The molecule has 22 heteroatoms. The summed E-state index contributed by atoms with van der Waals surface area (Å²) in [4.78, 5) is 86.6. The lowest BCUT2D eigenvalue weighted by Crippen LogP contribution is -3.11. The quantitative estimate of drug-likeness (QED) is 0.0362. The first kappa shape index (κ1) is 65.8. The summed E-state index contributed by atoms with van der Waals surface area (Å²) in [6.45, 7) is 14.6. The number of nitrogens with one attached hydrogen (secondary N) is 3. The summed E-state index contributed by atoms with van der Waals surface area (Å²) in [6.07, 6.45) is -5.76. The second-order valence-electron chi connectivity index (χ2n) is 19.0. The van der Waals surface area contributed by atoms with Gasteiger partial charge in [0.05, 0.1) is 46.9 Å². The number of carbonyl (C=O) groups excluding carboxylic acids is 7. The zero-order chi connectivity index (χ0) is 58.6. The van der Waals surface area contributed by atoms with Gasteiger partial charge < -0.3 is 77.5 Å². The van der Waals surface area contributed by atoms with Gasteiger partial charge in [-0.15, -0.1) is 0 Å². The van der Waals surface area contributed by atoms with Crippen LogP contribution in [0, 0.1) is 0 Å². The van der Waals surface area contributed by atoms with E-state index in [1.807, 2.05) is 78.9 Å². The largest absolute Gasteiger partial charge is 0.550 e. The Bertz CT molecular complexity index is 2330. The maximum atomic E-state index is 12.9. The summed E-state index contributed by atoms with van der Waals surface area (Å²) in [5.74, 6) is -4.08. The van der Waals surface area contributed by atoms with Crippen LogP contribution in [0.3, 0.4) is 0 Å². The highest BCUT2D eigenvalue weighted by Crippen LogP contribution is 2.43. The molecular formula is C58H81N3O19. The van der Waals surface area contributed by atoms with Crippen molar-refractivity contribution in [3.63, 3.8) is 0 Å². The fraction of sp³-hybridized carbons (Fsp3) is 0.569. The molecule has 442 valence electrons. The molecule has 3 aromatic rings. The van der Waals surface area contributed by atoms with Crippen molar-refractivity contribution in [2.75, 3.05) is 66.8 Å². The van der Waals surface area contributed by atoms with Gasteiger partial charge in [0.1, 0.15) is 54.7 Å². The van der Waals surface area contributed by atoms with E-state index < -0.39 is 116 Å². The fourth-order valence-electron chi connectivity index (χ4n) is 9.19. The predicted octanol–water partition coefficient (Wildman–Crippen LogP) is 2.87. The van der Waals surface area contributed by atoms with Crippen LogP contribution in [0.2, 0.25) is 0 Å². The van der Waals surface area contributed by atoms with Crippen molar-refractivity contribution in [1.29, 1.82) is 0 Å². The SMILES string of the molecule is CC[NH+](CC)CC.COc1ccc(C(OC[C@H]2O[C@@H](OCCCCCCNC(=O)CO[C@@H]3O[C@H](COC(C)=O)[C@H](OC(C)=O)[C@H](OC(C)=O)[C@H]3NC(C)=O)C[C@@H]2OC(=O)CCC(=O)[O-])(c2ccccc2)c2ccc(OC)cc2)cc1. The third-order valence-electron chi connectivity index (χ3n) is 13.3. The highest BCUT2D eigenvalue weighted by atomic mass is 16.7. The molecule has 8 atom stereocenters. The van der Waals surface area contributed by atoms with Crippen LogP contribution in [0.15, 0.2) is 78.9 Å². The molecule has 2 heterocycles. The van der Waals surface area contributed by atoms with Crippen molar-refractivity contribution in [1.82, 2.24) is 10.6 Å². The van der Waals surface area contributed by atoms with E-state index in [0.29, 0.717) is 37.3 Å². The monoisotopic (exact) mass is 1120 g/mol. The lowest BCUT2D eigenvalue weighted by molar-refractivity contribution is -0.894. The van der Waals surface area contributed by atoms with E-state index in [-0.39, 0.29) is 26.1 Å². The molecule has 0 bridgehead atoms. The molecule has 2 saturated heterocycles. The van der Waals surface area contributed by atoms with E-state index >= 15 is 0 Å². The molecule has 0 aliphatic carbocycles. The van der Waals surface area contributed by atoms with Gasteiger partial charge in [0.25, 0.3) is 0 Å². The maximum Gasteiger partial charge on any atom is 0.306 e. The molecule has 2 aliphatic rings. The van der Waals surface area contributed by atoms with Crippen LogP contribution < -0.4 is 30.1 Å². The number of benzene rings is 3. The Balaban J connectivity index is 0.00000184. The van der Waals surface area contributed by atoms with Gasteiger partial charge in [-0.25, -0.2) is 0 Å². The molecule has 22 nitrogen and oxygen atoms in total. The summed E-state index contributed by atoms with van der Waals surface area (Å²) in [7, 11) is 3.16. The Hall–Kier alpha value is -6.69. The van der Waals surface area contributed by atoms with Crippen molar-refractivity contribution in [2.24, 2.45) is 0 Å². The number of rotatable bonds is 31. The molecule has 3 aromatic carbocycles. The van der Waals surface area contributed by atoms with Crippen molar-refractivity contribution in [3.05, 3.63) is 95.6 Å². The van der Waals surface area contributed by atoms with Crippen LogP contribution in [0.4, 0.5) is 0 Å². The van der Waals surface area contributed by atoms with Crippen molar-refractivity contribution >= 4 is 41.7 Å². The second kappa shape index (κ2) is 34.5. The van der Waals surface area contributed by atoms with Gasteiger partial charge in [-0.2, -0.15) is 0 Å². The van der Waals surface area contributed by atoms with E-state index in [4.69, 9.17) is 52.1 Å². The Morgan fingerprint density at radius 2 is 1.23 bits per heavy atom. The molecule has 80 heavy (non-hydrogen) atoms. The first-order chi connectivity index (χ1) is 38.4. The predicted molar refractivity (Wildman–Crippen MR) is 286 cm³/mol. The van der Waals surface area contributed by atoms with Gasteiger partial charge in [-0.1, -0.05) is 67.4 Å². The first-order valence-corrected chi connectivity index (χ1v) is 27.1. The number of ether oxygens (including phenoxy) is 11. The van der Waals surface area contributed by atoms with E-state index in [2.05, 4.69) is 31.4 Å². The Morgan fingerprint density at radius 1 is 0.650 bits per heavy atom. The van der Waals surface area contributed by atoms with Gasteiger partial charge in [0, 0.05) is 53.2 Å². The van der Waals surface area contributed by atoms with Crippen LogP contribution in [-0.2, 0) is 81.8 Å². The van der Waals surface area contributed by atoms with Gasteiger partial charge in [0.2, 0.25) is 11.8 Å². The molecule has 2 amide bonds. The number of quaternary nitrogens is 1. The number of carboxylic acid groups (broad SMARTS) is 1. The summed E-state index contributed by atoms with van der Waals surface area (Å²) in [5.41, 5.74) is 1.15. The molecule has 0 spiro atoms. The van der Waals surface area contributed by atoms with Gasteiger partial charge in [0.15, 0.2) is 24.8 Å². The van der Waals surface area contributed by atoms with Crippen molar-refractivity contribution < 1.29 is 95.7 Å². The number of hydrogen-bond donors (Lipinski definition) is 3. The van der Waals surface area contributed by atoms with E-state index in [1.165, 1.54) is 26.6 Å². The molecule has 0 unspecified atom stereocenters. The number of amides is 2. The lowest BCUT2D eigenvalue weighted by Gasteiger charge is -2.44. The molecular weight excluding hydrogens is 1040 g/mol.